The highest BCUT2D eigenvalue weighted by Gasteiger charge is 2.74. The number of carboxylic acid groups (broad SMARTS) is 1. The van der Waals surface area contributed by atoms with E-state index in [1.54, 1.807) is 0 Å². The summed E-state index contributed by atoms with van der Waals surface area (Å²) in [4.78, 5) is 13.0. The molecule has 0 spiro atoms. The summed E-state index contributed by atoms with van der Waals surface area (Å²) in [5.41, 5.74) is -2.56. The molecule has 0 aromatic heterocycles. The van der Waals surface area contributed by atoms with Crippen LogP contribution in [0.4, 0.5) is 0 Å². The van der Waals surface area contributed by atoms with Crippen molar-refractivity contribution in [3.8, 4) is 0 Å². The first kappa shape index (κ1) is 27.6. The molecule has 0 saturated heterocycles. The zero-order chi connectivity index (χ0) is 27.6. The molecule has 0 unspecified atom stereocenters. The van der Waals surface area contributed by atoms with E-state index in [9.17, 15) is 30.3 Å². The van der Waals surface area contributed by atoms with Gasteiger partial charge in [-0.15, -0.1) is 0 Å². The quantitative estimate of drug-likeness (QED) is 0.343. The first-order valence-electron chi connectivity index (χ1n) is 14.5. The molecule has 0 heterocycles. The molecule has 0 radical (unpaired) electrons. The van der Waals surface area contributed by atoms with Crippen LogP contribution in [0.5, 0.6) is 0 Å². The Morgan fingerprint density at radius 2 is 1.54 bits per heavy atom. The van der Waals surface area contributed by atoms with Crippen molar-refractivity contribution in [2.75, 3.05) is 6.61 Å². The molecule has 5 aliphatic carbocycles. The standard InChI is InChI=1S/C31H50O6/c1-25(2)12-14-31(24(36)37)15-13-29(6)21(30(31,7)23(25)35)9-8-20-26(3)16-18(33)22(34)27(4,17-32)19(26)10-11-28(20,29)5/h9,18-20,22-23,32-35H,8,10-17H2,1-7H3,(H,36,37)/t18-,19-,20-,22+,23-,26+,27+,28-,29-,30-,31-/m1/s1. The van der Waals surface area contributed by atoms with Gasteiger partial charge in [-0.1, -0.05) is 60.1 Å². The van der Waals surface area contributed by atoms with Crippen LogP contribution in [-0.4, -0.2) is 56.4 Å². The molecular formula is C31H50O6. The van der Waals surface area contributed by atoms with E-state index in [4.69, 9.17) is 0 Å². The van der Waals surface area contributed by atoms with Crippen LogP contribution in [0.25, 0.3) is 0 Å². The first-order valence-corrected chi connectivity index (χ1v) is 14.5. The molecule has 4 saturated carbocycles. The fourth-order valence-corrected chi connectivity index (χ4v) is 11.5. The molecule has 0 aromatic rings. The van der Waals surface area contributed by atoms with E-state index < -0.39 is 40.5 Å². The minimum atomic E-state index is -0.974. The van der Waals surface area contributed by atoms with Crippen LogP contribution in [0.15, 0.2) is 11.6 Å². The monoisotopic (exact) mass is 518 g/mol. The van der Waals surface area contributed by atoms with Gasteiger partial charge in [0.05, 0.1) is 30.3 Å². The number of hydrogen-bond donors (Lipinski definition) is 5. The summed E-state index contributed by atoms with van der Waals surface area (Å²) in [6, 6.07) is 0. The molecule has 5 aliphatic rings. The van der Waals surface area contributed by atoms with Crippen molar-refractivity contribution in [2.45, 2.75) is 118 Å². The van der Waals surface area contributed by atoms with Gasteiger partial charge in [0.25, 0.3) is 0 Å². The molecule has 6 nitrogen and oxygen atoms in total. The normalized spacial score (nSPS) is 56.7. The van der Waals surface area contributed by atoms with Crippen molar-refractivity contribution in [1.82, 2.24) is 0 Å². The van der Waals surface area contributed by atoms with E-state index in [1.165, 1.54) is 0 Å². The number of rotatable bonds is 2. The number of aliphatic carboxylic acids is 1. The Morgan fingerprint density at radius 3 is 2.14 bits per heavy atom. The van der Waals surface area contributed by atoms with E-state index in [1.807, 2.05) is 13.8 Å². The Hall–Kier alpha value is -0.950. The summed E-state index contributed by atoms with van der Waals surface area (Å²) < 4.78 is 0. The third-order valence-electron chi connectivity index (χ3n) is 14.1. The number of aliphatic hydroxyl groups excluding tert-OH is 4. The van der Waals surface area contributed by atoms with E-state index >= 15 is 0 Å². The van der Waals surface area contributed by atoms with Gasteiger partial charge in [-0.2, -0.15) is 0 Å². The van der Waals surface area contributed by atoms with E-state index in [0.29, 0.717) is 25.7 Å². The number of fused-ring (bicyclic) bond motifs is 7. The molecule has 5 N–H and O–H groups in total. The number of allylic oxidation sites excluding steroid dienone is 1. The van der Waals surface area contributed by atoms with E-state index in [0.717, 1.165) is 31.3 Å². The Bertz CT molecular complexity index is 1020. The maximum absolute atomic E-state index is 13.0. The van der Waals surface area contributed by atoms with Crippen LogP contribution in [0, 0.1) is 49.7 Å². The molecule has 210 valence electrons. The summed E-state index contributed by atoms with van der Waals surface area (Å²) in [6.45, 7) is 14.9. The molecule has 6 heteroatoms. The average Bonchev–Trinajstić information content (AvgIpc) is 2.81. The summed E-state index contributed by atoms with van der Waals surface area (Å²) in [7, 11) is 0. The number of aliphatic hydroxyl groups is 4. The molecule has 0 aromatic carbocycles. The second-order valence-electron chi connectivity index (χ2n) is 15.6. The fraction of sp³-hybridized carbons (Fsp3) is 0.903. The topological polar surface area (TPSA) is 118 Å². The molecular weight excluding hydrogens is 468 g/mol. The molecule has 0 bridgehead atoms. The van der Waals surface area contributed by atoms with Gasteiger partial charge in [-0.05, 0) is 84.9 Å². The Morgan fingerprint density at radius 1 is 0.919 bits per heavy atom. The van der Waals surface area contributed by atoms with Crippen molar-refractivity contribution >= 4 is 5.97 Å². The van der Waals surface area contributed by atoms with Crippen molar-refractivity contribution in [3.05, 3.63) is 11.6 Å². The van der Waals surface area contributed by atoms with Crippen LogP contribution in [-0.2, 0) is 4.79 Å². The van der Waals surface area contributed by atoms with Gasteiger partial charge in [-0.3, -0.25) is 4.79 Å². The molecule has 4 fully saturated rings. The van der Waals surface area contributed by atoms with Crippen LogP contribution in [0.2, 0.25) is 0 Å². The molecule has 37 heavy (non-hydrogen) atoms. The lowest BCUT2D eigenvalue weighted by Gasteiger charge is -2.73. The minimum absolute atomic E-state index is 0.0801. The fourth-order valence-electron chi connectivity index (χ4n) is 11.5. The highest BCUT2D eigenvalue weighted by molar-refractivity contribution is 5.78. The Balaban J connectivity index is 1.67. The largest absolute Gasteiger partial charge is 0.481 e. The van der Waals surface area contributed by atoms with Gasteiger partial charge in [0.2, 0.25) is 0 Å². The van der Waals surface area contributed by atoms with Crippen molar-refractivity contribution in [3.63, 3.8) is 0 Å². The highest BCUT2D eigenvalue weighted by Crippen LogP contribution is 2.78. The van der Waals surface area contributed by atoms with Crippen molar-refractivity contribution in [2.24, 2.45) is 49.7 Å². The SMILES string of the molecule is CC1(C)CC[C@]2(C(=O)O)CC[C@]3(C)C(=CC[C@@H]4[C@@]5(C)C[C@@H](O)[C@H](O)[C@@](C)(CO)[C@@H]5CC[C@]43C)[C@]2(C)[C@@H]1O. The zero-order valence-corrected chi connectivity index (χ0v) is 24.0. The summed E-state index contributed by atoms with van der Waals surface area (Å²) in [5, 5.41) is 55.1. The van der Waals surface area contributed by atoms with Gasteiger partial charge in [-0.25, -0.2) is 0 Å². The predicted octanol–water partition coefficient (Wildman–Crippen LogP) is 4.54. The second-order valence-corrected chi connectivity index (χ2v) is 15.6. The number of hydrogen-bond acceptors (Lipinski definition) is 5. The average molecular weight is 519 g/mol. The van der Waals surface area contributed by atoms with Crippen LogP contribution in [0.3, 0.4) is 0 Å². The molecule has 0 aliphatic heterocycles. The minimum Gasteiger partial charge on any atom is -0.481 e. The van der Waals surface area contributed by atoms with Gasteiger partial charge in [0, 0.05) is 10.8 Å². The highest BCUT2D eigenvalue weighted by atomic mass is 16.4. The van der Waals surface area contributed by atoms with E-state index in [-0.39, 0.29) is 40.1 Å². The summed E-state index contributed by atoms with van der Waals surface area (Å²) in [6.07, 6.45) is 5.32. The predicted molar refractivity (Wildman–Crippen MR) is 141 cm³/mol. The lowest BCUT2D eigenvalue weighted by molar-refractivity contribution is -0.251. The second kappa shape index (κ2) is 7.83. The van der Waals surface area contributed by atoms with Crippen LogP contribution >= 0.6 is 0 Å². The Kier molecular flexibility index (Phi) is 5.84. The molecule has 0 amide bonds. The van der Waals surface area contributed by atoms with Gasteiger partial charge in [0.15, 0.2) is 0 Å². The first-order chi connectivity index (χ1) is 16.9. The summed E-state index contributed by atoms with van der Waals surface area (Å²) >= 11 is 0. The zero-order valence-electron chi connectivity index (χ0n) is 24.0. The van der Waals surface area contributed by atoms with Crippen LogP contribution in [0.1, 0.15) is 99.8 Å². The summed E-state index contributed by atoms with van der Waals surface area (Å²) in [5.74, 6) is -0.481. The Labute approximate surface area is 222 Å². The van der Waals surface area contributed by atoms with Gasteiger partial charge >= 0.3 is 5.97 Å². The maximum Gasteiger partial charge on any atom is 0.310 e. The van der Waals surface area contributed by atoms with Crippen LogP contribution < -0.4 is 0 Å². The van der Waals surface area contributed by atoms with Crippen molar-refractivity contribution < 1.29 is 30.3 Å². The smallest absolute Gasteiger partial charge is 0.310 e. The van der Waals surface area contributed by atoms with Gasteiger partial charge in [0.1, 0.15) is 0 Å². The lowest BCUT2D eigenvalue weighted by Crippen LogP contribution is -2.71. The number of carbonyl (C=O) groups is 1. The number of carboxylic acids is 1. The maximum atomic E-state index is 13.0. The third kappa shape index (κ3) is 2.94. The van der Waals surface area contributed by atoms with Gasteiger partial charge < -0.3 is 25.5 Å². The van der Waals surface area contributed by atoms with Crippen molar-refractivity contribution in [1.29, 1.82) is 0 Å². The lowest BCUT2D eigenvalue weighted by atomic mass is 9.31. The molecule has 5 rings (SSSR count). The third-order valence-corrected chi connectivity index (χ3v) is 14.1. The molecule has 11 atom stereocenters. The van der Waals surface area contributed by atoms with E-state index in [2.05, 4.69) is 40.7 Å².